The molecule has 0 aromatic heterocycles. The second-order valence-corrected chi connectivity index (χ2v) is 5.28. The van der Waals surface area contributed by atoms with E-state index in [9.17, 15) is 4.79 Å². The van der Waals surface area contributed by atoms with Gasteiger partial charge in [-0.25, -0.2) is 4.79 Å². The summed E-state index contributed by atoms with van der Waals surface area (Å²) in [6, 6.07) is 5.64. The molecule has 0 spiro atoms. The number of ether oxygens (including phenoxy) is 1. The van der Waals surface area contributed by atoms with Gasteiger partial charge in [-0.15, -0.1) is 0 Å². The van der Waals surface area contributed by atoms with E-state index in [1.807, 2.05) is 18.2 Å². The van der Waals surface area contributed by atoms with Gasteiger partial charge in [-0.2, -0.15) is 0 Å². The van der Waals surface area contributed by atoms with Crippen molar-refractivity contribution in [2.45, 2.75) is 31.7 Å². The highest BCUT2D eigenvalue weighted by atomic mass is 79.9. The fourth-order valence-corrected chi connectivity index (χ4v) is 2.71. The third kappa shape index (κ3) is 3.38. The minimum atomic E-state index is -0.140. The Kier molecular flexibility index (Phi) is 4.47. The smallest absolute Gasteiger partial charge is 0.319 e. The molecule has 5 heteroatoms. The van der Waals surface area contributed by atoms with Crippen molar-refractivity contribution in [3.63, 3.8) is 0 Å². The zero-order chi connectivity index (χ0) is 13.0. The van der Waals surface area contributed by atoms with Crippen molar-refractivity contribution in [3.05, 3.63) is 22.7 Å². The topological polar surface area (TPSA) is 50.4 Å². The molecule has 98 valence electrons. The average Bonchev–Trinajstić information content (AvgIpc) is 2.82. The minimum absolute atomic E-state index is 0.140. The molecule has 0 aliphatic heterocycles. The molecule has 0 atom stereocenters. The van der Waals surface area contributed by atoms with Crippen LogP contribution in [0.3, 0.4) is 0 Å². The van der Waals surface area contributed by atoms with Gasteiger partial charge in [-0.1, -0.05) is 12.8 Å². The molecule has 1 aromatic carbocycles. The molecule has 2 amide bonds. The van der Waals surface area contributed by atoms with Gasteiger partial charge in [0.2, 0.25) is 0 Å². The minimum Gasteiger partial charge on any atom is -0.496 e. The van der Waals surface area contributed by atoms with Crippen molar-refractivity contribution in [1.29, 1.82) is 0 Å². The Labute approximate surface area is 115 Å². The van der Waals surface area contributed by atoms with E-state index < -0.39 is 0 Å². The Morgan fingerprint density at radius 2 is 2.11 bits per heavy atom. The second kappa shape index (κ2) is 6.09. The van der Waals surface area contributed by atoms with Gasteiger partial charge >= 0.3 is 6.03 Å². The highest BCUT2D eigenvalue weighted by molar-refractivity contribution is 9.10. The maximum absolute atomic E-state index is 11.8. The summed E-state index contributed by atoms with van der Waals surface area (Å²) < 4.78 is 5.96. The molecule has 1 saturated carbocycles. The van der Waals surface area contributed by atoms with Gasteiger partial charge in [0.1, 0.15) is 5.75 Å². The number of nitrogens with one attached hydrogen (secondary N) is 2. The average molecular weight is 313 g/mol. The zero-order valence-electron chi connectivity index (χ0n) is 10.3. The van der Waals surface area contributed by atoms with Crippen LogP contribution in [-0.2, 0) is 0 Å². The number of urea groups is 1. The summed E-state index contributed by atoms with van der Waals surface area (Å²) in [5.74, 6) is 0.747. The van der Waals surface area contributed by atoms with Gasteiger partial charge in [0.05, 0.1) is 11.6 Å². The Hall–Kier alpha value is -1.23. The molecule has 1 fully saturated rings. The van der Waals surface area contributed by atoms with Crippen molar-refractivity contribution < 1.29 is 9.53 Å². The number of halogens is 1. The van der Waals surface area contributed by atoms with Gasteiger partial charge < -0.3 is 15.4 Å². The zero-order valence-corrected chi connectivity index (χ0v) is 11.9. The Morgan fingerprint density at radius 1 is 1.39 bits per heavy atom. The first-order chi connectivity index (χ1) is 8.69. The van der Waals surface area contributed by atoms with Gasteiger partial charge in [-0.3, -0.25) is 0 Å². The van der Waals surface area contributed by atoms with E-state index in [0.29, 0.717) is 6.04 Å². The molecule has 1 aromatic rings. The lowest BCUT2D eigenvalue weighted by molar-refractivity contribution is 0.248. The fraction of sp³-hybridized carbons (Fsp3) is 0.462. The van der Waals surface area contributed by atoms with Crippen molar-refractivity contribution in [2.75, 3.05) is 12.4 Å². The normalized spacial score (nSPS) is 15.4. The van der Waals surface area contributed by atoms with Crippen LogP contribution in [0, 0.1) is 0 Å². The molecule has 2 rings (SSSR count). The number of hydrogen-bond donors (Lipinski definition) is 2. The lowest BCUT2D eigenvalue weighted by Gasteiger charge is -2.13. The number of hydrogen-bond acceptors (Lipinski definition) is 2. The van der Waals surface area contributed by atoms with Crippen molar-refractivity contribution in [2.24, 2.45) is 0 Å². The number of amides is 2. The largest absolute Gasteiger partial charge is 0.496 e. The van der Waals surface area contributed by atoms with Gasteiger partial charge in [0.15, 0.2) is 0 Å². The molecule has 1 aliphatic carbocycles. The number of carbonyl (C=O) groups is 1. The first-order valence-corrected chi connectivity index (χ1v) is 6.89. The van der Waals surface area contributed by atoms with Crippen molar-refractivity contribution >= 4 is 27.6 Å². The standard InChI is InChI=1S/C13H17BrN2O2/c1-18-12-7-6-10(8-11(12)14)16-13(17)15-9-4-2-3-5-9/h6-9H,2-5H2,1H3,(H2,15,16,17). The number of methoxy groups -OCH3 is 1. The third-order valence-electron chi connectivity index (χ3n) is 3.10. The number of carbonyl (C=O) groups excluding carboxylic acids is 1. The van der Waals surface area contributed by atoms with Crippen LogP contribution < -0.4 is 15.4 Å². The summed E-state index contributed by atoms with van der Waals surface area (Å²) >= 11 is 3.39. The first kappa shape index (κ1) is 13.2. The molecule has 1 aliphatic rings. The number of benzene rings is 1. The summed E-state index contributed by atoms with van der Waals surface area (Å²) in [6.07, 6.45) is 4.58. The third-order valence-corrected chi connectivity index (χ3v) is 3.72. The molecule has 4 nitrogen and oxygen atoms in total. The fourth-order valence-electron chi connectivity index (χ4n) is 2.17. The van der Waals surface area contributed by atoms with Crippen LogP contribution in [0.25, 0.3) is 0 Å². The van der Waals surface area contributed by atoms with E-state index >= 15 is 0 Å². The van der Waals surface area contributed by atoms with E-state index in [-0.39, 0.29) is 6.03 Å². The van der Waals surface area contributed by atoms with Gasteiger partial charge in [0.25, 0.3) is 0 Å². The predicted octanol–water partition coefficient (Wildman–Crippen LogP) is 3.52. The van der Waals surface area contributed by atoms with Crippen molar-refractivity contribution in [1.82, 2.24) is 5.32 Å². The highest BCUT2D eigenvalue weighted by Crippen LogP contribution is 2.27. The van der Waals surface area contributed by atoms with E-state index in [2.05, 4.69) is 26.6 Å². The molecule has 0 unspecified atom stereocenters. The Morgan fingerprint density at radius 3 is 2.72 bits per heavy atom. The molecular weight excluding hydrogens is 296 g/mol. The van der Waals surface area contributed by atoms with E-state index in [4.69, 9.17) is 4.74 Å². The Bertz CT molecular complexity index is 431. The second-order valence-electron chi connectivity index (χ2n) is 4.43. The maximum Gasteiger partial charge on any atom is 0.319 e. The molecule has 0 heterocycles. The van der Waals surface area contributed by atoms with E-state index in [0.717, 1.165) is 28.8 Å². The van der Waals surface area contributed by atoms with Crippen LogP contribution in [-0.4, -0.2) is 19.2 Å². The van der Waals surface area contributed by atoms with E-state index in [1.54, 1.807) is 7.11 Å². The van der Waals surface area contributed by atoms with Crippen LogP contribution >= 0.6 is 15.9 Å². The molecular formula is C13H17BrN2O2. The SMILES string of the molecule is COc1ccc(NC(=O)NC2CCCC2)cc1Br. The first-order valence-electron chi connectivity index (χ1n) is 6.10. The predicted molar refractivity (Wildman–Crippen MR) is 75.1 cm³/mol. The highest BCUT2D eigenvalue weighted by Gasteiger charge is 2.17. The summed E-state index contributed by atoms with van der Waals surface area (Å²) in [7, 11) is 1.61. The monoisotopic (exact) mass is 312 g/mol. The van der Waals surface area contributed by atoms with Gasteiger partial charge in [0, 0.05) is 11.7 Å². The van der Waals surface area contributed by atoms with Crippen LogP contribution in [0.4, 0.5) is 10.5 Å². The molecule has 0 radical (unpaired) electrons. The summed E-state index contributed by atoms with van der Waals surface area (Å²) in [6.45, 7) is 0. The van der Waals surface area contributed by atoms with E-state index in [1.165, 1.54) is 12.8 Å². The van der Waals surface area contributed by atoms with Crippen LogP contribution in [0.2, 0.25) is 0 Å². The lowest BCUT2D eigenvalue weighted by atomic mass is 10.2. The number of rotatable bonds is 3. The maximum atomic E-state index is 11.8. The van der Waals surface area contributed by atoms with Crippen LogP contribution in [0.15, 0.2) is 22.7 Å². The van der Waals surface area contributed by atoms with Crippen LogP contribution in [0.1, 0.15) is 25.7 Å². The quantitative estimate of drug-likeness (QED) is 0.897. The summed E-state index contributed by atoms with van der Waals surface area (Å²) in [4.78, 5) is 11.8. The molecule has 18 heavy (non-hydrogen) atoms. The molecule has 0 saturated heterocycles. The van der Waals surface area contributed by atoms with Crippen molar-refractivity contribution in [3.8, 4) is 5.75 Å². The lowest BCUT2D eigenvalue weighted by Crippen LogP contribution is -2.36. The molecule has 2 N–H and O–H groups in total. The summed E-state index contributed by atoms with van der Waals surface area (Å²) in [5.41, 5.74) is 0.748. The van der Waals surface area contributed by atoms with Crippen LogP contribution in [0.5, 0.6) is 5.75 Å². The van der Waals surface area contributed by atoms with Gasteiger partial charge in [-0.05, 0) is 47.0 Å². The Balaban J connectivity index is 1.92. The number of anilines is 1. The summed E-state index contributed by atoms with van der Waals surface area (Å²) in [5, 5.41) is 5.80. The molecule has 0 bridgehead atoms.